The number of rotatable bonds is 2. The van der Waals surface area contributed by atoms with Crippen LogP contribution in [-0.4, -0.2) is 12.6 Å². The van der Waals surface area contributed by atoms with Crippen molar-refractivity contribution in [1.82, 2.24) is 0 Å². The Hall–Kier alpha value is -2.05. The lowest BCUT2D eigenvalue weighted by atomic mass is 9.79. The molecule has 0 saturated carbocycles. The van der Waals surface area contributed by atoms with E-state index < -0.39 is 0 Å². The number of anilines is 1. The molecule has 0 saturated heterocycles. The number of aryl methyl sites for hydroxylation is 1. The number of hydrogen-bond acceptors (Lipinski definition) is 2. The van der Waals surface area contributed by atoms with Crippen LogP contribution in [0.3, 0.4) is 0 Å². The van der Waals surface area contributed by atoms with E-state index in [0.29, 0.717) is 11.5 Å². The second-order valence-electron chi connectivity index (χ2n) is 7.92. The van der Waals surface area contributed by atoms with E-state index in [2.05, 4.69) is 73.8 Å². The van der Waals surface area contributed by atoms with Gasteiger partial charge in [-0.05, 0) is 85.7 Å². The standard InChI is InChI=1S/C23H25BrN2/c1-15-10-22-21(16(2)13-23(3,4)26(22)5)12-18(15)11-19(14-25)17-6-8-20(24)9-7-17/h6-12,16H,13H2,1-5H3/b19-11-. The summed E-state index contributed by atoms with van der Waals surface area (Å²) in [6.07, 6.45) is 3.14. The smallest absolute Gasteiger partial charge is 0.0998 e. The van der Waals surface area contributed by atoms with Crippen LogP contribution in [0.15, 0.2) is 40.9 Å². The topological polar surface area (TPSA) is 27.0 Å². The van der Waals surface area contributed by atoms with E-state index in [1.165, 1.54) is 16.8 Å². The summed E-state index contributed by atoms with van der Waals surface area (Å²) in [5.41, 5.74) is 6.80. The normalized spacial score (nSPS) is 19.0. The number of hydrogen-bond donors (Lipinski definition) is 0. The van der Waals surface area contributed by atoms with Gasteiger partial charge in [-0.1, -0.05) is 35.0 Å². The van der Waals surface area contributed by atoms with Gasteiger partial charge in [0.05, 0.1) is 11.6 Å². The van der Waals surface area contributed by atoms with Crippen LogP contribution in [0.5, 0.6) is 0 Å². The first kappa shape index (κ1) is 18.7. The zero-order valence-corrected chi connectivity index (χ0v) is 17.7. The molecule has 2 aromatic rings. The lowest BCUT2D eigenvalue weighted by molar-refractivity contribution is 0.395. The molecule has 3 rings (SSSR count). The highest BCUT2D eigenvalue weighted by Crippen LogP contribution is 2.43. The maximum atomic E-state index is 9.66. The number of halogens is 1. The average Bonchev–Trinajstić information content (AvgIpc) is 2.59. The summed E-state index contributed by atoms with van der Waals surface area (Å²) in [6, 6.07) is 14.8. The Morgan fingerprint density at radius 1 is 1.27 bits per heavy atom. The van der Waals surface area contributed by atoms with Gasteiger partial charge in [0, 0.05) is 22.7 Å². The van der Waals surface area contributed by atoms with E-state index in [9.17, 15) is 5.26 Å². The fraction of sp³-hybridized carbons (Fsp3) is 0.348. The quantitative estimate of drug-likeness (QED) is 0.416. The van der Waals surface area contributed by atoms with Crippen molar-refractivity contribution in [2.45, 2.75) is 45.6 Å². The maximum absolute atomic E-state index is 9.66. The number of benzene rings is 2. The summed E-state index contributed by atoms with van der Waals surface area (Å²) in [6.45, 7) is 9.03. The molecule has 1 atom stereocenters. The van der Waals surface area contributed by atoms with E-state index in [1.807, 2.05) is 30.3 Å². The first-order chi connectivity index (χ1) is 12.2. The molecule has 0 spiro atoms. The van der Waals surface area contributed by atoms with Crippen LogP contribution >= 0.6 is 15.9 Å². The third-order valence-electron chi connectivity index (χ3n) is 5.60. The van der Waals surface area contributed by atoms with Crippen LogP contribution < -0.4 is 4.90 Å². The highest BCUT2D eigenvalue weighted by Gasteiger charge is 2.34. The summed E-state index contributed by atoms with van der Waals surface area (Å²) in [7, 11) is 2.18. The Balaban J connectivity index is 2.08. The predicted molar refractivity (Wildman–Crippen MR) is 114 cm³/mol. The largest absolute Gasteiger partial charge is 0.369 e. The van der Waals surface area contributed by atoms with Crippen LogP contribution in [0.2, 0.25) is 0 Å². The van der Waals surface area contributed by atoms with Crippen molar-refractivity contribution in [2.75, 3.05) is 11.9 Å². The van der Waals surface area contributed by atoms with E-state index in [0.717, 1.165) is 22.0 Å². The SMILES string of the molecule is Cc1cc2c(cc1/C=C(/C#N)c1ccc(Br)cc1)C(C)CC(C)(C)N2C. The highest BCUT2D eigenvalue weighted by molar-refractivity contribution is 9.10. The van der Waals surface area contributed by atoms with Crippen LogP contribution in [0.25, 0.3) is 11.6 Å². The van der Waals surface area contributed by atoms with Gasteiger partial charge in [-0.2, -0.15) is 5.26 Å². The molecule has 134 valence electrons. The van der Waals surface area contributed by atoms with Crippen molar-refractivity contribution in [3.8, 4) is 6.07 Å². The van der Waals surface area contributed by atoms with Gasteiger partial charge >= 0.3 is 0 Å². The summed E-state index contributed by atoms with van der Waals surface area (Å²) in [5, 5.41) is 9.66. The summed E-state index contributed by atoms with van der Waals surface area (Å²) < 4.78 is 1.02. The molecule has 0 radical (unpaired) electrons. The van der Waals surface area contributed by atoms with E-state index >= 15 is 0 Å². The second-order valence-corrected chi connectivity index (χ2v) is 8.84. The monoisotopic (exact) mass is 408 g/mol. The molecular formula is C23H25BrN2. The molecule has 0 aliphatic carbocycles. The lowest BCUT2D eigenvalue weighted by Gasteiger charge is -2.45. The van der Waals surface area contributed by atoms with Crippen molar-refractivity contribution in [2.24, 2.45) is 0 Å². The number of nitrogens with zero attached hydrogens (tertiary/aromatic N) is 2. The van der Waals surface area contributed by atoms with Gasteiger partial charge in [-0.15, -0.1) is 0 Å². The minimum absolute atomic E-state index is 0.158. The van der Waals surface area contributed by atoms with Crippen LogP contribution in [-0.2, 0) is 0 Å². The third-order valence-corrected chi connectivity index (χ3v) is 6.13. The molecule has 0 amide bonds. The molecular weight excluding hydrogens is 384 g/mol. The predicted octanol–water partition coefficient (Wildman–Crippen LogP) is 6.54. The summed E-state index contributed by atoms with van der Waals surface area (Å²) in [4.78, 5) is 2.39. The van der Waals surface area contributed by atoms with Gasteiger partial charge in [-0.3, -0.25) is 0 Å². The van der Waals surface area contributed by atoms with Gasteiger partial charge < -0.3 is 4.90 Å². The molecule has 3 heteroatoms. The zero-order chi connectivity index (χ0) is 19.1. The van der Waals surface area contributed by atoms with E-state index in [1.54, 1.807) is 0 Å². The molecule has 26 heavy (non-hydrogen) atoms. The van der Waals surface area contributed by atoms with Crippen molar-refractivity contribution in [3.05, 3.63) is 63.1 Å². The van der Waals surface area contributed by atoms with Crippen molar-refractivity contribution in [3.63, 3.8) is 0 Å². The van der Waals surface area contributed by atoms with Crippen LogP contribution in [0.4, 0.5) is 5.69 Å². The van der Waals surface area contributed by atoms with E-state index in [4.69, 9.17) is 0 Å². The summed E-state index contributed by atoms with van der Waals surface area (Å²) in [5.74, 6) is 0.502. The molecule has 0 N–H and O–H groups in total. The molecule has 0 aromatic heterocycles. The van der Waals surface area contributed by atoms with Gasteiger partial charge in [0.15, 0.2) is 0 Å². The van der Waals surface area contributed by atoms with E-state index in [-0.39, 0.29) is 5.54 Å². The Kier molecular flexibility index (Phi) is 4.99. The zero-order valence-electron chi connectivity index (χ0n) is 16.1. The van der Waals surface area contributed by atoms with Gasteiger partial charge in [-0.25, -0.2) is 0 Å². The number of nitriles is 1. The third kappa shape index (κ3) is 3.44. The number of allylic oxidation sites excluding steroid dienone is 1. The minimum Gasteiger partial charge on any atom is -0.369 e. The lowest BCUT2D eigenvalue weighted by Crippen LogP contribution is -2.45. The Morgan fingerprint density at radius 2 is 1.92 bits per heavy atom. The Bertz CT molecular complexity index is 901. The van der Waals surface area contributed by atoms with Crippen molar-refractivity contribution >= 4 is 33.3 Å². The van der Waals surface area contributed by atoms with Crippen molar-refractivity contribution < 1.29 is 0 Å². The maximum Gasteiger partial charge on any atom is 0.0998 e. The van der Waals surface area contributed by atoms with Crippen LogP contribution in [0.1, 0.15) is 55.4 Å². The Morgan fingerprint density at radius 3 is 2.54 bits per heavy atom. The molecule has 2 aromatic carbocycles. The second kappa shape index (κ2) is 6.93. The molecule has 1 aliphatic heterocycles. The van der Waals surface area contributed by atoms with Crippen LogP contribution in [0, 0.1) is 18.3 Å². The average molecular weight is 409 g/mol. The Labute approximate surface area is 165 Å². The molecule has 2 nitrogen and oxygen atoms in total. The molecule has 1 aliphatic rings. The fourth-order valence-electron chi connectivity index (χ4n) is 3.86. The van der Waals surface area contributed by atoms with Crippen molar-refractivity contribution in [1.29, 1.82) is 5.26 Å². The summed E-state index contributed by atoms with van der Waals surface area (Å²) >= 11 is 3.45. The minimum atomic E-state index is 0.158. The van der Waals surface area contributed by atoms with Gasteiger partial charge in [0.2, 0.25) is 0 Å². The first-order valence-corrected chi connectivity index (χ1v) is 9.78. The van der Waals surface area contributed by atoms with Gasteiger partial charge in [0.1, 0.15) is 0 Å². The molecule has 0 fully saturated rings. The molecule has 1 unspecified atom stereocenters. The number of fused-ring (bicyclic) bond motifs is 1. The molecule has 1 heterocycles. The molecule has 0 bridgehead atoms. The highest BCUT2D eigenvalue weighted by atomic mass is 79.9. The fourth-order valence-corrected chi connectivity index (χ4v) is 4.12. The van der Waals surface area contributed by atoms with Gasteiger partial charge in [0.25, 0.3) is 0 Å². The first-order valence-electron chi connectivity index (χ1n) is 8.99.